The lowest BCUT2D eigenvalue weighted by Gasteiger charge is -2.15. The van der Waals surface area contributed by atoms with Gasteiger partial charge in [-0.15, -0.1) is 0 Å². The summed E-state index contributed by atoms with van der Waals surface area (Å²) >= 11 is 0. The standard InChI is InChI=1S/C15H14F3NO2/c16-15(17,18)11-2-1-3-13(8-11)21-9-14(19)10-4-6-12(20)7-5-10/h1-8,14,20H,9,19H2. The number of nitrogens with two attached hydrogens (primary N) is 1. The maximum Gasteiger partial charge on any atom is 0.416 e. The van der Waals surface area contributed by atoms with Crippen LogP contribution in [0, 0.1) is 0 Å². The van der Waals surface area contributed by atoms with Crippen LogP contribution in [0.1, 0.15) is 17.2 Å². The van der Waals surface area contributed by atoms with Crippen molar-refractivity contribution in [1.29, 1.82) is 0 Å². The lowest BCUT2D eigenvalue weighted by Crippen LogP contribution is -2.19. The summed E-state index contributed by atoms with van der Waals surface area (Å²) in [6, 6.07) is 10.4. The van der Waals surface area contributed by atoms with Crippen LogP contribution in [0.4, 0.5) is 13.2 Å². The molecule has 0 saturated heterocycles. The molecule has 0 radical (unpaired) electrons. The fraction of sp³-hybridized carbons (Fsp3) is 0.200. The molecule has 0 fully saturated rings. The van der Waals surface area contributed by atoms with Crippen molar-refractivity contribution in [1.82, 2.24) is 0 Å². The van der Waals surface area contributed by atoms with Gasteiger partial charge < -0.3 is 15.6 Å². The van der Waals surface area contributed by atoms with Crippen molar-refractivity contribution in [2.75, 3.05) is 6.61 Å². The number of benzene rings is 2. The van der Waals surface area contributed by atoms with E-state index in [2.05, 4.69) is 0 Å². The molecule has 1 unspecified atom stereocenters. The highest BCUT2D eigenvalue weighted by atomic mass is 19.4. The van der Waals surface area contributed by atoms with Gasteiger partial charge in [-0.05, 0) is 35.9 Å². The minimum atomic E-state index is -4.40. The highest BCUT2D eigenvalue weighted by molar-refractivity contribution is 5.31. The number of ether oxygens (including phenoxy) is 1. The Kier molecular flexibility index (Phi) is 4.37. The van der Waals surface area contributed by atoms with Crippen LogP contribution in [0.15, 0.2) is 48.5 Å². The maximum atomic E-state index is 12.6. The molecule has 0 aromatic heterocycles. The van der Waals surface area contributed by atoms with Crippen LogP contribution in [-0.4, -0.2) is 11.7 Å². The summed E-state index contributed by atoms with van der Waals surface area (Å²) in [5.74, 6) is 0.226. The number of aromatic hydroxyl groups is 1. The predicted octanol–water partition coefficient (Wildman–Crippen LogP) is 3.49. The van der Waals surface area contributed by atoms with Gasteiger partial charge in [0.2, 0.25) is 0 Å². The largest absolute Gasteiger partial charge is 0.508 e. The highest BCUT2D eigenvalue weighted by Gasteiger charge is 2.30. The molecule has 112 valence electrons. The Balaban J connectivity index is 2.01. The average molecular weight is 297 g/mol. The third-order valence-corrected chi connectivity index (χ3v) is 2.91. The second-order valence-corrected chi connectivity index (χ2v) is 4.53. The fourth-order valence-corrected chi connectivity index (χ4v) is 1.77. The number of phenolic OH excluding ortho intramolecular Hbond substituents is 1. The summed E-state index contributed by atoms with van der Waals surface area (Å²) in [6.07, 6.45) is -4.40. The van der Waals surface area contributed by atoms with Crippen molar-refractivity contribution in [3.05, 3.63) is 59.7 Å². The number of phenols is 1. The maximum absolute atomic E-state index is 12.6. The first-order valence-corrected chi connectivity index (χ1v) is 6.21. The van der Waals surface area contributed by atoms with E-state index in [0.29, 0.717) is 0 Å². The molecular formula is C15H14F3NO2. The molecule has 0 amide bonds. The Morgan fingerprint density at radius 3 is 2.38 bits per heavy atom. The van der Waals surface area contributed by atoms with Gasteiger partial charge in [-0.25, -0.2) is 0 Å². The number of halogens is 3. The summed E-state index contributed by atoms with van der Waals surface area (Å²) < 4.78 is 43.0. The third-order valence-electron chi connectivity index (χ3n) is 2.91. The normalized spacial score (nSPS) is 13.0. The van der Waals surface area contributed by atoms with Gasteiger partial charge >= 0.3 is 6.18 Å². The first kappa shape index (κ1) is 15.2. The topological polar surface area (TPSA) is 55.5 Å². The van der Waals surface area contributed by atoms with Crippen molar-refractivity contribution in [2.24, 2.45) is 5.73 Å². The average Bonchev–Trinajstić information content (AvgIpc) is 2.45. The van der Waals surface area contributed by atoms with Crippen LogP contribution in [0.5, 0.6) is 11.5 Å². The predicted molar refractivity (Wildman–Crippen MR) is 72.0 cm³/mol. The number of hydrogen-bond acceptors (Lipinski definition) is 3. The molecule has 2 aromatic rings. The Hall–Kier alpha value is -2.21. The molecule has 0 aliphatic carbocycles. The van der Waals surface area contributed by atoms with Crippen molar-refractivity contribution < 1.29 is 23.0 Å². The van der Waals surface area contributed by atoms with Gasteiger partial charge in [0.15, 0.2) is 0 Å². The van der Waals surface area contributed by atoms with Crippen LogP contribution in [0.3, 0.4) is 0 Å². The molecule has 0 bridgehead atoms. The van der Waals surface area contributed by atoms with E-state index in [4.69, 9.17) is 10.5 Å². The zero-order valence-corrected chi connectivity index (χ0v) is 11.0. The number of rotatable bonds is 4. The number of alkyl halides is 3. The molecule has 3 N–H and O–H groups in total. The molecule has 2 rings (SSSR count). The van der Waals surface area contributed by atoms with E-state index in [-0.39, 0.29) is 18.1 Å². The lowest BCUT2D eigenvalue weighted by atomic mass is 10.1. The van der Waals surface area contributed by atoms with E-state index in [1.807, 2.05) is 0 Å². The zero-order valence-electron chi connectivity index (χ0n) is 11.0. The van der Waals surface area contributed by atoms with Gasteiger partial charge in [0, 0.05) is 0 Å². The summed E-state index contributed by atoms with van der Waals surface area (Å²) in [5.41, 5.74) is 5.84. The highest BCUT2D eigenvalue weighted by Crippen LogP contribution is 2.31. The van der Waals surface area contributed by atoms with Crippen molar-refractivity contribution in [3.8, 4) is 11.5 Å². The van der Waals surface area contributed by atoms with Gasteiger partial charge in [0.05, 0.1) is 11.6 Å². The van der Waals surface area contributed by atoms with Crippen molar-refractivity contribution in [3.63, 3.8) is 0 Å². The third kappa shape index (κ3) is 4.13. The molecule has 0 aliphatic heterocycles. The van der Waals surface area contributed by atoms with Gasteiger partial charge in [-0.3, -0.25) is 0 Å². The van der Waals surface area contributed by atoms with Crippen LogP contribution in [0.25, 0.3) is 0 Å². The summed E-state index contributed by atoms with van der Waals surface area (Å²) in [4.78, 5) is 0. The quantitative estimate of drug-likeness (QED) is 0.908. The molecule has 0 heterocycles. The Bertz CT molecular complexity index is 597. The number of hydrogen-bond donors (Lipinski definition) is 2. The summed E-state index contributed by atoms with van der Waals surface area (Å²) in [7, 11) is 0. The second kappa shape index (κ2) is 6.05. The molecule has 21 heavy (non-hydrogen) atoms. The van der Waals surface area contributed by atoms with Crippen molar-refractivity contribution in [2.45, 2.75) is 12.2 Å². The zero-order chi connectivity index (χ0) is 15.5. The van der Waals surface area contributed by atoms with Gasteiger partial charge in [-0.1, -0.05) is 18.2 Å². The second-order valence-electron chi connectivity index (χ2n) is 4.53. The van der Waals surface area contributed by atoms with E-state index in [9.17, 15) is 18.3 Å². The molecule has 2 aromatic carbocycles. The lowest BCUT2D eigenvalue weighted by molar-refractivity contribution is -0.137. The molecule has 3 nitrogen and oxygen atoms in total. The van der Waals surface area contributed by atoms with Crippen LogP contribution in [-0.2, 0) is 6.18 Å². The molecule has 6 heteroatoms. The van der Waals surface area contributed by atoms with E-state index < -0.39 is 17.8 Å². The summed E-state index contributed by atoms with van der Waals surface area (Å²) in [6.45, 7) is 0.0338. The molecule has 0 saturated carbocycles. The molecule has 1 atom stereocenters. The van der Waals surface area contributed by atoms with Crippen LogP contribution in [0.2, 0.25) is 0 Å². The molecule has 0 spiro atoms. The van der Waals surface area contributed by atoms with E-state index in [1.54, 1.807) is 12.1 Å². The van der Waals surface area contributed by atoms with Gasteiger partial charge in [0.25, 0.3) is 0 Å². The first-order valence-electron chi connectivity index (χ1n) is 6.21. The van der Waals surface area contributed by atoms with Crippen LogP contribution >= 0.6 is 0 Å². The van der Waals surface area contributed by atoms with Crippen molar-refractivity contribution >= 4 is 0 Å². The first-order chi connectivity index (χ1) is 9.86. The fourth-order valence-electron chi connectivity index (χ4n) is 1.77. The minimum Gasteiger partial charge on any atom is -0.508 e. The van der Waals surface area contributed by atoms with Crippen LogP contribution < -0.4 is 10.5 Å². The summed E-state index contributed by atoms with van der Waals surface area (Å²) in [5, 5.41) is 9.17. The molecule has 0 aliphatic rings. The Morgan fingerprint density at radius 1 is 1.10 bits per heavy atom. The van der Waals surface area contributed by atoms with Gasteiger partial charge in [-0.2, -0.15) is 13.2 Å². The molecular weight excluding hydrogens is 283 g/mol. The van der Waals surface area contributed by atoms with Gasteiger partial charge in [0.1, 0.15) is 18.1 Å². The monoisotopic (exact) mass is 297 g/mol. The van der Waals surface area contributed by atoms with E-state index in [1.165, 1.54) is 24.3 Å². The van der Waals surface area contributed by atoms with E-state index in [0.717, 1.165) is 17.7 Å². The smallest absolute Gasteiger partial charge is 0.416 e. The SMILES string of the molecule is NC(COc1cccc(C(F)(F)F)c1)c1ccc(O)cc1. The van der Waals surface area contributed by atoms with E-state index >= 15 is 0 Å². The minimum absolute atomic E-state index is 0.0338. The Morgan fingerprint density at radius 2 is 1.76 bits per heavy atom. The Labute approximate surface area is 119 Å².